The molecule has 1 heterocycles. The zero-order chi connectivity index (χ0) is 18.8. The molecule has 0 bridgehead atoms. The SMILES string of the molecule is CCNC(=NCC(C)Oc1cccc(Cl)c1)NC(C)COC1CCOC1. The van der Waals surface area contributed by atoms with E-state index in [4.69, 9.17) is 25.8 Å². The molecule has 146 valence electrons. The molecule has 26 heavy (non-hydrogen) atoms. The molecular weight excluding hydrogens is 354 g/mol. The van der Waals surface area contributed by atoms with Crippen LogP contribution in [-0.2, 0) is 9.47 Å². The van der Waals surface area contributed by atoms with Crippen LogP contribution < -0.4 is 15.4 Å². The second-order valence-electron chi connectivity index (χ2n) is 6.47. The summed E-state index contributed by atoms with van der Waals surface area (Å²) in [4.78, 5) is 4.61. The smallest absolute Gasteiger partial charge is 0.191 e. The Labute approximate surface area is 161 Å². The van der Waals surface area contributed by atoms with E-state index in [9.17, 15) is 0 Å². The standard InChI is InChI=1S/C19H30ClN3O3/c1-4-21-19(23-14(2)12-25-18-8-9-24-13-18)22-11-15(3)26-17-7-5-6-16(20)10-17/h5-7,10,14-15,18H,4,8-9,11-13H2,1-3H3,(H2,21,22,23). The molecule has 1 aromatic carbocycles. The van der Waals surface area contributed by atoms with Crippen LogP contribution in [0.3, 0.4) is 0 Å². The maximum atomic E-state index is 5.98. The lowest BCUT2D eigenvalue weighted by atomic mass is 10.3. The Morgan fingerprint density at radius 3 is 2.96 bits per heavy atom. The van der Waals surface area contributed by atoms with Crippen molar-refractivity contribution in [1.29, 1.82) is 0 Å². The molecule has 1 aromatic rings. The first kappa shape index (κ1) is 20.8. The number of nitrogens with one attached hydrogen (secondary N) is 2. The van der Waals surface area contributed by atoms with E-state index in [0.717, 1.165) is 31.3 Å². The summed E-state index contributed by atoms with van der Waals surface area (Å²) in [6.45, 7) is 9.54. The number of hydrogen-bond donors (Lipinski definition) is 2. The maximum Gasteiger partial charge on any atom is 0.191 e. The van der Waals surface area contributed by atoms with Gasteiger partial charge in [-0.3, -0.25) is 0 Å². The Hall–Kier alpha value is -1.50. The molecule has 0 amide bonds. The third-order valence-corrected chi connectivity index (χ3v) is 4.07. The molecule has 7 heteroatoms. The van der Waals surface area contributed by atoms with Gasteiger partial charge in [-0.05, 0) is 45.4 Å². The van der Waals surface area contributed by atoms with Crippen molar-refractivity contribution >= 4 is 17.6 Å². The van der Waals surface area contributed by atoms with Gasteiger partial charge in [0.05, 0.1) is 25.9 Å². The summed E-state index contributed by atoms with van der Waals surface area (Å²) < 4.78 is 17.0. The molecule has 1 aliphatic rings. The molecule has 0 saturated carbocycles. The first-order valence-corrected chi connectivity index (χ1v) is 9.61. The fraction of sp³-hybridized carbons (Fsp3) is 0.632. The van der Waals surface area contributed by atoms with Gasteiger partial charge in [0.2, 0.25) is 0 Å². The third kappa shape index (κ3) is 7.81. The van der Waals surface area contributed by atoms with Crippen molar-refractivity contribution in [3.63, 3.8) is 0 Å². The van der Waals surface area contributed by atoms with Gasteiger partial charge in [-0.15, -0.1) is 0 Å². The lowest BCUT2D eigenvalue weighted by molar-refractivity contribution is 0.0347. The van der Waals surface area contributed by atoms with E-state index < -0.39 is 0 Å². The number of rotatable bonds is 9. The average Bonchev–Trinajstić information content (AvgIpc) is 3.12. The highest BCUT2D eigenvalue weighted by molar-refractivity contribution is 6.30. The van der Waals surface area contributed by atoms with Crippen molar-refractivity contribution in [2.75, 3.05) is 32.9 Å². The highest BCUT2D eigenvalue weighted by Crippen LogP contribution is 2.18. The molecule has 0 aromatic heterocycles. The molecule has 0 radical (unpaired) electrons. The topological polar surface area (TPSA) is 64.1 Å². The Morgan fingerprint density at radius 2 is 2.27 bits per heavy atom. The highest BCUT2D eigenvalue weighted by atomic mass is 35.5. The van der Waals surface area contributed by atoms with Crippen LogP contribution in [-0.4, -0.2) is 57.1 Å². The summed E-state index contributed by atoms with van der Waals surface area (Å²) in [5.41, 5.74) is 0. The van der Waals surface area contributed by atoms with Crippen molar-refractivity contribution in [3.8, 4) is 5.75 Å². The van der Waals surface area contributed by atoms with E-state index in [1.165, 1.54) is 0 Å². The van der Waals surface area contributed by atoms with Crippen LogP contribution in [0.2, 0.25) is 5.02 Å². The maximum absolute atomic E-state index is 5.98. The predicted octanol–water partition coefficient (Wildman–Crippen LogP) is 2.86. The van der Waals surface area contributed by atoms with Crippen molar-refractivity contribution < 1.29 is 14.2 Å². The van der Waals surface area contributed by atoms with Crippen LogP contribution in [0.1, 0.15) is 27.2 Å². The van der Waals surface area contributed by atoms with Crippen LogP contribution in [0.5, 0.6) is 5.75 Å². The van der Waals surface area contributed by atoms with E-state index in [1.54, 1.807) is 6.07 Å². The van der Waals surface area contributed by atoms with Crippen molar-refractivity contribution in [2.24, 2.45) is 4.99 Å². The van der Waals surface area contributed by atoms with Crippen molar-refractivity contribution in [3.05, 3.63) is 29.3 Å². The van der Waals surface area contributed by atoms with Crippen molar-refractivity contribution in [2.45, 2.75) is 45.4 Å². The molecule has 2 rings (SSSR count). The normalized spacial score (nSPS) is 19.8. The van der Waals surface area contributed by atoms with E-state index in [1.807, 2.05) is 32.0 Å². The Kier molecular flexibility index (Phi) is 9.01. The first-order valence-electron chi connectivity index (χ1n) is 9.23. The number of benzene rings is 1. The van der Waals surface area contributed by atoms with Gasteiger partial charge in [0.25, 0.3) is 0 Å². The van der Waals surface area contributed by atoms with Crippen LogP contribution >= 0.6 is 11.6 Å². The summed E-state index contributed by atoms with van der Waals surface area (Å²) in [5, 5.41) is 7.28. The van der Waals surface area contributed by atoms with Gasteiger partial charge in [-0.2, -0.15) is 0 Å². The molecule has 1 fully saturated rings. The lowest BCUT2D eigenvalue weighted by Gasteiger charge is -2.20. The predicted molar refractivity (Wildman–Crippen MR) is 105 cm³/mol. The van der Waals surface area contributed by atoms with Gasteiger partial charge in [-0.25, -0.2) is 4.99 Å². The number of hydrogen-bond acceptors (Lipinski definition) is 4. The lowest BCUT2D eigenvalue weighted by Crippen LogP contribution is -2.45. The van der Waals surface area contributed by atoms with Crippen LogP contribution in [0.4, 0.5) is 0 Å². The van der Waals surface area contributed by atoms with Gasteiger partial charge in [0.15, 0.2) is 5.96 Å². The van der Waals surface area contributed by atoms with Gasteiger partial charge < -0.3 is 24.8 Å². The Bertz CT molecular complexity index is 565. The molecule has 1 saturated heterocycles. The fourth-order valence-corrected chi connectivity index (χ4v) is 2.73. The van der Waals surface area contributed by atoms with E-state index in [-0.39, 0.29) is 18.2 Å². The van der Waals surface area contributed by atoms with E-state index in [0.29, 0.717) is 24.8 Å². The minimum absolute atomic E-state index is 0.0638. The molecule has 1 aliphatic heterocycles. The average molecular weight is 384 g/mol. The number of aliphatic imine (C=N–C) groups is 1. The van der Waals surface area contributed by atoms with Crippen LogP contribution in [0, 0.1) is 0 Å². The number of guanidine groups is 1. The number of halogens is 1. The molecule has 6 nitrogen and oxygen atoms in total. The largest absolute Gasteiger partial charge is 0.489 e. The van der Waals surface area contributed by atoms with Crippen LogP contribution in [0.25, 0.3) is 0 Å². The zero-order valence-corrected chi connectivity index (χ0v) is 16.6. The Morgan fingerprint density at radius 1 is 1.42 bits per heavy atom. The number of ether oxygens (including phenoxy) is 3. The summed E-state index contributed by atoms with van der Waals surface area (Å²) >= 11 is 5.98. The van der Waals surface area contributed by atoms with Gasteiger partial charge in [-0.1, -0.05) is 17.7 Å². The fourth-order valence-electron chi connectivity index (χ4n) is 2.55. The summed E-state index contributed by atoms with van der Waals surface area (Å²) in [6.07, 6.45) is 1.12. The van der Waals surface area contributed by atoms with Gasteiger partial charge in [0.1, 0.15) is 11.9 Å². The first-order chi connectivity index (χ1) is 12.6. The van der Waals surface area contributed by atoms with Gasteiger partial charge >= 0.3 is 0 Å². The monoisotopic (exact) mass is 383 g/mol. The molecule has 2 N–H and O–H groups in total. The Balaban J connectivity index is 1.78. The molecular formula is C19H30ClN3O3. The number of nitrogens with zero attached hydrogens (tertiary/aromatic N) is 1. The van der Waals surface area contributed by atoms with Crippen molar-refractivity contribution in [1.82, 2.24) is 10.6 Å². The molecule has 0 aliphatic carbocycles. The highest BCUT2D eigenvalue weighted by Gasteiger charge is 2.17. The minimum Gasteiger partial charge on any atom is -0.489 e. The second-order valence-corrected chi connectivity index (χ2v) is 6.91. The molecule has 0 spiro atoms. The second kappa shape index (κ2) is 11.3. The summed E-state index contributed by atoms with van der Waals surface area (Å²) in [6, 6.07) is 7.54. The quantitative estimate of drug-likeness (QED) is 0.507. The molecule has 3 unspecified atom stereocenters. The third-order valence-electron chi connectivity index (χ3n) is 3.84. The van der Waals surface area contributed by atoms with E-state index in [2.05, 4.69) is 22.5 Å². The minimum atomic E-state index is -0.0638. The van der Waals surface area contributed by atoms with Crippen LogP contribution in [0.15, 0.2) is 29.3 Å². The zero-order valence-electron chi connectivity index (χ0n) is 15.8. The van der Waals surface area contributed by atoms with Gasteiger partial charge in [0, 0.05) is 24.2 Å². The van der Waals surface area contributed by atoms with E-state index >= 15 is 0 Å². The molecule has 3 atom stereocenters. The summed E-state index contributed by atoms with van der Waals surface area (Å²) in [7, 11) is 0. The summed E-state index contributed by atoms with van der Waals surface area (Å²) in [5.74, 6) is 1.51.